The number of nitrogens with one attached hydrogen (secondary N) is 4. The molecule has 3 heterocycles. The highest BCUT2D eigenvalue weighted by Crippen LogP contribution is 2.40. The van der Waals surface area contributed by atoms with Crippen molar-refractivity contribution in [3.8, 4) is 16.9 Å². The van der Waals surface area contributed by atoms with Crippen LogP contribution < -0.4 is 15.4 Å². The molecule has 10 heteroatoms. The molecular formula is C27H26ClN7O2. The van der Waals surface area contributed by atoms with Crippen molar-refractivity contribution in [2.45, 2.75) is 27.7 Å². The van der Waals surface area contributed by atoms with Crippen molar-refractivity contribution >= 4 is 50.8 Å². The Balaban J connectivity index is 1.66. The lowest BCUT2D eigenvalue weighted by atomic mass is 10.0. The molecule has 188 valence electrons. The molecule has 4 N–H and O–H groups in total. The van der Waals surface area contributed by atoms with E-state index in [1.54, 1.807) is 26.2 Å². The quantitative estimate of drug-likeness (QED) is 0.176. The number of hydrogen-bond acceptors (Lipinski definition) is 8. The summed E-state index contributed by atoms with van der Waals surface area (Å²) in [6.07, 6.45) is 1.69. The van der Waals surface area contributed by atoms with Gasteiger partial charge in [0.15, 0.2) is 0 Å². The summed E-state index contributed by atoms with van der Waals surface area (Å²) >= 11 is 6.17. The first-order chi connectivity index (χ1) is 17.7. The summed E-state index contributed by atoms with van der Waals surface area (Å²) < 4.78 is 11.2. The summed E-state index contributed by atoms with van der Waals surface area (Å²) in [4.78, 5) is 12.8. The number of benzene rings is 2. The molecule has 0 saturated heterocycles. The molecule has 0 saturated carbocycles. The molecule has 3 aromatic heterocycles. The van der Waals surface area contributed by atoms with Crippen LogP contribution in [0, 0.1) is 26.2 Å². The van der Waals surface area contributed by atoms with Crippen LogP contribution in [0.5, 0.6) is 5.75 Å². The molecule has 0 aliphatic rings. The molecule has 5 aromatic rings. The van der Waals surface area contributed by atoms with Crippen molar-refractivity contribution in [2.75, 3.05) is 17.7 Å². The van der Waals surface area contributed by atoms with Gasteiger partial charge in [-0.3, -0.25) is 0 Å². The van der Waals surface area contributed by atoms with Crippen molar-refractivity contribution in [1.82, 2.24) is 20.1 Å². The number of fused-ring (bicyclic) bond motifs is 3. The number of rotatable bonds is 7. The monoisotopic (exact) mass is 515 g/mol. The lowest BCUT2D eigenvalue weighted by Gasteiger charge is -2.15. The van der Waals surface area contributed by atoms with Crippen LogP contribution >= 0.6 is 11.6 Å². The van der Waals surface area contributed by atoms with Crippen molar-refractivity contribution in [1.29, 1.82) is 5.41 Å². The highest BCUT2D eigenvalue weighted by molar-refractivity contribution is 6.30. The number of aryl methyl sites for hydroxylation is 3. The number of methoxy groups -OCH3 is 1. The molecule has 37 heavy (non-hydrogen) atoms. The van der Waals surface area contributed by atoms with E-state index >= 15 is 0 Å². The molecule has 0 bridgehead atoms. The Bertz CT molecular complexity index is 1680. The Kier molecular flexibility index (Phi) is 6.31. The predicted octanol–water partition coefficient (Wildman–Crippen LogP) is 6.76. The summed E-state index contributed by atoms with van der Waals surface area (Å²) in [5.74, 6) is 3.14. The van der Waals surface area contributed by atoms with E-state index in [1.165, 1.54) is 0 Å². The fourth-order valence-electron chi connectivity index (χ4n) is 4.43. The van der Waals surface area contributed by atoms with Crippen molar-refractivity contribution in [3.63, 3.8) is 0 Å². The number of aromatic amines is 1. The summed E-state index contributed by atoms with van der Waals surface area (Å²) in [6, 6.07) is 11.4. The number of nitrogens with zero attached hydrogens (tertiary/aromatic N) is 3. The van der Waals surface area contributed by atoms with Gasteiger partial charge >= 0.3 is 0 Å². The van der Waals surface area contributed by atoms with Crippen molar-refractivity contribution in [3.05, 3.63) is 70.6 Å². The maximum Gasteiger partial charge on any atom is 0.145 e. The van der Waals surface area contributed by atoms with E-state index in [4.69, 9.17) is 31.3 Å². The number of H-pyrrole nitrogens is 1. The van der Waals surface area contributed by atoms with E-state index in [1.807, 2.05) is 51.1 Å². The minimum atomic E-state index is 0.365. The SMILES string of the molecule is COc1cc2c(cc1-c1c(C)noc1C)[nH]c1nc(C)nc(N/C(=C/C(C)=N)Nc3cccc(Cl)c3)c12. The van der Waals surface area contributed by atoms with Crippen molar-refractivity contribution < 1.29 is 9.26 Å². The minimum Gasteiger partial charge on any atom is -0.496 e. The van der Waals surface area contributed by atoms with E-state index in [0.29, 0.717) is 45.4 Å². The second-order valence-electron chi connectivity index (χ2n) is 8.77. The molecule has 9 nitrogen and oxygen atoms in total. The van der Waals surface area contributed by atoms with Gasteiger partial charge in [0.1, 0.15) is 34.6 Å². The van der Waals surface area contributed by atoms with Gasteiger partial charge in [-0.15, -0.1) is 0 Å². The average molecular weight is 516 g/mol. The molecule has 0 spiro atoms. The Morgan fingerprint density at radius 1 is 1.14 bits per heavy atom. The van der Waals surface area contributed by atoms with E-state index in [-0.39, 0.29) is 0 Å². The van der Waals surface area contributed by atoms with Crippen molar-refractivity contribution in [2.24, 2.45) is 0 Å². The standard InChI is InChI=1S/C27H26ClN7O2/c1-13(29)9-23(32-18-8-6-7-17(28)10-18)34-27-25-19-12-22(36-5)20(24-14(2)35-37-15(24)3)11-21(19)33-26(25)30-16(4)31-27/h6-12,29,32H,1-5H3,(H2,30,31,33,34)/b23-9+,29-13?. The van der Waals surface area contributed by atoms with Gasteiger partial charge in [-0.25, -0.2) is 9.97 Å². The first-order valence-electron chi connectivity index (χ1n) is 11.6. The topological polar surface area (TPSA) is 125 Å². The predicted molar refractivity (Wildman–Crippen MR) is 148 cm³/mol. The molecule has 0 radical (unpaired) electrons. The van der Waals surface area contributed by atoms with Gasteiger partial charge in [0, 0.05) is 32.9 Å². The first-order valence-corrected chi connectivity index (χ1v) is 12.0. The van der Waals surface area contributed by atoms with Crippen LogP contribution in [0.4, 0.5) is 11.5 Å². The number of aromatic nitrogens is 4. The van der Waals surface area contributed by atoms with Gasteiger partial charge < -0.3 is 30.3 Å². The Morgan fingerprint density at radius 2 is 1.95 bits per heavy atom. The van der Waals surface area contributed by atoms with Gasteiger partial charge in [0.2, 0.25) is 0 Å². The van der Waals surface area contributed by atoms with Crippen LogP contribution in [0.1, 0.15) is 24.2 Å². The number of anilines is 2. The molecule has 0 atom stereocenters. The third-order valence-corrected chi connectivity index (χ3v) is 6.14. The highest BCUT2D eigenvalue weighted by atomic mass is 35.5. The third kappa shape index (κ3) is 4.73. The second kappa shape index (κ2) is 9.59. The van der Waals surface area contributed by atoms with E-state index in [9.17, 15) is 0 Å². The minimum absolute atomic E-state index is 0.365. The lowest BCUT2D eigenvalue weighted by Crippen LogP contribution is -2.13. The average Bonchev–Trinajstić information content (AvgIpc) is 3.35. The first kappa shape index (κ1) is 24.3. The zero-order valence-electron chi connectivity index (χ0n) is 21.1. The van der Waals surface area contributed by atoms with Gasteiger partial charge in [0.05, 0.1) is 23.8 Å². The van der Waals surface area contributed by atoms with E-state index < -0.39 is 0 Å². The van der Waals surface area contributed by atoms with Gasteiger partial charge in [-0.2, -0.15) is 0 Å². The van der Waals surface area contributed by atoms with E-state index in [2.05, 4.69) is 25.8 Å². The fourth-order valence-corrected chi connectivity index (χ4v) is 4.62. The van der Waals surface area contributed by atoms with Crippen LogP contribution in [0.2, 0.25) is 5.02 Å². The molecule has 2 aromatic carbocycles. The molecule has 0 aliphatic carbocycles. The number of ether oxygens (including phenoxy) is 1. The van der Waals surface area contributed by atoms with Crippen LogP contribution in [0.15, 0.2) is 52.8 Å². The summed E-state index contributed by atoms with van der Waals surface area (Å²) in [7, 11) is 1.64. The number of hydrogen-bond donors (Lipinski definition) is 4. The van der Waals surface area contributed by atoms with Crippen LogP contribution in [-0.2, 0) is 0 Å². The van der Waals surface area contributed by atoms with Crippen LogP contribution in [-0.4, -0.2) is 32.9 Å². The van der Waals surface area contributed by atoms with Crippen LogP contribution in [0.3, 0.4) is 0 Å². The maximum atomic E-state index is 8.03. The molecule has 0 unspecified atom stereocenters. The molecule has 5 rings (SSSR count). The normalized spacial score (nSPS) is 11.8. The molecular weight excluding hydrogens is 490 g/mol. The fraction of sp³-hybridized carbons (Fsp3) is 0.185. The highest BCUT2D eigenvalue weighted by Gasteiger charge is 2.21. The molecule has 0 amide bonds. The molecule has 0 fully saturated rings. The maximum absolute atomic E-state index is 8.03. The number of allylic oxidation sites excluding steroid dienone is 1. The summed E-state index contributed by atoms with van der Waals surface area (Å²) in [5, 5.41) is 21.1. The zero-order chi connectivity index (χ0) is 26.3. The Labute approximate surface area is 218 Å². The summed E-state index contributed by atoms with van der Waals surface area (Å²) in [5.41, 5.74) is 5.24. The lowest BCUT2D eigenvalue weighted by molar-refractivity contribution is 0.393. The van der Waals surface area contributed by atoms with Gasteiger partial charge in [-0.05, 0) is 64.1 Å². The Hall–Kier alpha value is -4.37. The van der Waals surface area contributed by atoms with E-state index in [0.717, 1.165) is 38.8 Å². The smallest absolute Gasteiger partial charge is 0.145 e. The van der Waals surface area contributed by atoms with Gasteiger partial charge in [-0.1, -0.05) is 22.8 Å². The largest absolute Gasteiger partial charge is 0.496 e. The zero-order valence-corrected chi connectivity index (χ0v) is 21.8. The Morgan fingerprint density at radius 3 is 2.62 bits per heavy atom. The van der Waals surface area contributed by atoms with Gasteiger partial charge in [0.25, 0.3) is 0 Å². The second-order valence-corrected chi connectivity index (χ2v) is 9.20. The third-order valence-electron chi connectivity index (χ3n) is 5.90. The molecule has 0 aliphatic heterocycles. The number of halogens is 1. The van der Waals surface area contributed by atoms with Crippen LogP contribution in [0.25, 0.3) is 33.1 Å². The summed E-state index contributed by atoms with van der Waals surface area (Å²) in [6.45, 7) is 7.33.